The molecule has 1 aromatic carbocycles. The van der Waals surface area contributed by atoms with Crippen molar-refractivity contribution in [3.8, 4) is 0 Å². The van der Waals surface area contributed by atoms with Crippen molar-refractivity contribution in [3.63, 3.8) is 0 Å². The third kappa shape index (κ3) is 3.74. The maximum atomic E-state index is 13.0. The van der Waals surface area contributed by atoms with Gasteiger partial charge in [-0.3, -0.25) is 9.59 Å². The normalized spacial score (nSPS) is 22.6. The molecule has 1 unspecified atom stereocenters. The molecule has 1 saturated carbocycles. The van der Waals surface area contributed by atoms with Gasteiger partial charge in [0.05, 0.1) is 11.5 Å². The Kier molecular flexibility index (Phi) is 5.30. The first-order chi connectivity index (χ1) is 12.3. The Morgan fingerprint density at radius 1 is 1.31 bits per heavy atom. The van der Waals surface area contributed by atoms with Crippen molar-refractivity contribution < 1.29 is 18.0 Å². The maximum Gasteiger partial charge on any atom is 0.238 e. The molecular formula is C18H23ClN2O4S. The Labute approximate surface area is 158 Å². The smallest absolute Gasteiger partial charge is 0.238 e. The molecule has 2 amide bonds. The van der Waals surface area contributed by atoms with Gasteiger partial charge in [-0.1, -0.05) is 29.8 Å². The molecule has 1 aliphatic carbocycles. The Balaban J connectivity index is 1.68. The number of hydrogen-bond donors (Lipinski definition) is 1. The Morgan fingerprint density at radius 2 is 2.00 bits per heavy atom. The molecule has 1 atom stereocenters. The van der Waals surface area contributed by atoms with E-state index in [1.165, 1.54) is 0 Å². The summed E-state index contributed by atoms with van der Waals surface area (Å²) in [6.45, 7) is 2.48. The molecule has 2 fully saturated rings. The highest BCUT2D eigenvalue weighted by atomic mass is 35.5. The molecule has 0 radical (unpaired) electrons. The van der Waals surface area contributed by atoms with Crippen molar-refractivity contribution in [1.29, 1.82) is 0 Å². The SMILES string of the molecule is CCN(C(=O)C1(C(=O)NCc2ccccc2Cl)CC1)C1CCS(=O)(=O)C1. The molecule has 0 bridgehead atoms. The highest BCUT2D eigenvalue weighted by molar-refractivity contribution is 7.91. The van der Waals surface area contributed by atoms with E-state index in [1.807, 2.05) is 25.1 Å². The fourth-order valence-electron chi connectivity index (χ4n) is 3.51. The largest absolute Gasteiger partial charge is 0.351 e. The standard InChI is InChI=1S/C18H23ClN2O4S/c1-2-21(14-7-10-26(24,25)12-14)17(23)18(8-9-18)16(22)20-11-13-5-3-4-6-15(13)19/h3-6,14H,2,7-12H2,1H3,(H,20,22). The van der Waals surface area contributed by atoms with Gasteiger partial charge < -0.3 is 10.2 Å². The zero-order valence-electron chi connectivity index (χ0n) is 14.7. The van der Waals surface area contributed by atoms with Gasteiger partial charge in [0.15, 0.2) is 9.84 Å². The summed E-state index contributed by atoms with van der Waals surface area (Å²) in [7, 11) is -3.09. The van der Waals surface area contributed by atoms with E-state index < -0.39 is 15.3 Å². The van der Waals surface area contributed by atoms with Crippen LogP contribution in [0.15, 0.2) is 24.3 Å². The van der Waals surface area contributed by atoms with Crippen molar-refractivity contribution in [3.05, 3.63) is 34.9 Å². The molecule has 1 aliphatic heterocycles. The van der Waals surface area contributed by atoms with E-state index in [0.29, 0.717) is 30.8 Å². The van der Waals surface area contributed by atoms with Gasteiger partial charge in [-0.05, 0) is 37.8 Å². The summed E-state index contributed by atoms with van der Waals surface area (Å²) in [6, 6.07) is 6.90. The predicted octanol–water partition coefficient (Wildman–Crippen LogP) is 1.77. The topological polar surface area (TPSA) is 83.6 Å². The summed E-state index contributed by atoms with van der Waals surface area (Å²) in [6.07, 6.45) is 1.44. The van der Waals surface area contributed by atoms with Crippen LogP contribution in [0, 0.1) is 5.41 Å². The predicted molar refractivity (Wildman–Crippen MR) is 99.4 cm³/mol. The summed E-state index contributed by atoms with van der Waals surface area (Å²) >= 11 is 6.10. The quantitative estimate of drug-likeness (QED) is 0.740. The minimum atomic E-state index is -3.09. The van der Waals surface area contributed by atoms with Gasteiger partial charge >= 0.3 is 0 Å². The van der Waals surface area contributed by atoms with Crippen LogP contribution in [0.25, 0.3) is 0 Å². The molecule has 1 saturated heterocycles. The molecule has 0 spiro atoms. The second kappa shape index (κ2) is 7.19. The first kappa shape index (κ1) is 19.2. The molecule has 1 N–H and O–H groups in total. The number of sulfone groups is 1. The lowest BCUT2D eigenvalue weighted by Gasteiger charge is -2.30. The fourth-order valence-corrected chi connectivity index (χ4v) is 5.45. The second-order valence-electron chi connectivity index (χ2n) is 7.00. The lowest BCUT2D eigenvalue weighted by molar-refractivity contribution is -0.145. The van der Waals surface area contributed by atoms with Crippen molar-refractivity contribution >= 4 is 33.3 Å². The number of rotatable bonds is 6. The van der Waals surface area contributed by atoms with E-state index in [9.17, 15) is 18.0 Å². The van der Waals surface area contributed by atoms with E-state index in [0.717, 1.165) is 5.56 Å². The molecule has 0 aromatic heterocycles. The maximum absolute atomic E-state index is 13.0. The zero-order valence-corrected chi connectivity index (χ0v) is 16.3. The summed E-state index contributed by atoms with van der Waals surface area (Å²) in [5.74, 6) is -0.461. The van der Waals surface area contributed by atoms with Crippen LogP contribution in [0.2, 0.25) is 5.02 Å². The molecule has 1 aromatic rings. The summed E-state index contributed by atoms with van der Waals surface area (Å²) in [5.41, 5.74) is -0.260. The second-order valence-corrected chi connectivity index (χ2v) is 9.64. The monoisotopic (exact) mass is 398 g/mol. The average Bonchev–Trinajstić information content (AvgIpc) is 3.34. The van der Waals surface area contributed by atoms with Gasteiger partial charge in [-0.15, -0.1) is 0 Å². The summed E-state index contributed by atoms with van der Waals surface area (Å²) in [5, 5.41) is 3.39. The lowest BCUT2D eigenvalue weighted by Crippen LogP contribution is -2.49. The van der Waals surface area contributed by atoms with Crippen LogP contribution in [0.4, 0.5) is 0 Å². The van der Waals surface area contributed by atoms with E-state index in [1.54, 1.807) is 11.0 Å². The van der Waals surface area contributed by atoms with E-state index >= 15 is 0 Å². The summed E-state index contributed by atoms with van der Waals surface area (Å²) < 4.78 is 23.5. The number of carbonyl (C=O) groups excluding carboxylic acids is 2. The third-order valence-corrected chi connectivity index (χ3v) is 7.36. The highest BCUT2D eigenvalue weighted by Crippen LogP contribution is 2.48. The van der Waals surface area contributed by atoms with Crippen LogP contribution >= 0.6 is 11.6 Å². The van der Waals surface area contributed by atoms with Crippen LogP contribution in [-0.4, -0.2) is 49.2 Å². The minimum absolute atomic E-state index is 0.0100. The van der Waals surface area contributed by atoms with Gasteiger partial charge in [0.1, 0.15) is 5.41 Å². The third-order valence-electron chi connectivity index (χ3n) is 5.24. The number of amides is 2. The number of halogens is 1. The fraction of sp³-hybridized carbons (Fsp3) is 0.556. The number of nitrogens with one attached hydrogen (secondary N) is 1. The molecular weight excluding hydrogens is 376 g/mol. The van der Waals surface area contributed by atoms with Crippen LogP contribution < -0.4 is 5.32 Å². The lowest BCUT2D eigenvalue weighted by atomic mass is 10.0. The van der Waals surface area contributed by atoms with Gasteiger partial charge in [0, 0.05) is 24.2 Å². The van der Waals surface area contributed by atoms with E-state index in [-0.39, 0.29) is 35.9 Å². The Hall–Kier alpha value is -1.60. The Bertz CT molecular complexity index is 820. The van der Waals surface area contributed by atoms with Crippen molar-refractivity contribution in [2.75, 3.05) is 18.1 Å². The average molecular weight is 399 g/mol. The molecule has 8 heteroatoms. The molecule has 3 rings (SSSR count). The first-order valence-electron chi connectivity index (χ1n) is 8.82. The van der Waals surface area contributed by atoms with Crippen LogP contribution in [0.1, 0.15) is 31.7 Å². The van der Waals surface area contributed by atoms with Crippen molar-refractivity contribution in [2.24, 2.45) is 5.41 Å². The van der Waals surface area contributed by atoms with Crippen molar-refractivity contribution in [1.82, 2.24) is 10.2 Å². The number of nitrogens with zero attached hydrogens (tertiary/aromatic N) is 1. The molecule has 6 nitrogen and oxygen atoms in total. The number of hydrogen-bond acceptors (Lipinski definition) is 4. The minimum Gasteiger partial charge on any atom is -0.351 e. The van der Waals surface area contributed by atoms with Gasteiger partial charge in [0.2, 0.25) is 11.8 Å². The van der Waals surface area contributed by atoms with Gasteiger partial charge in [0.25, 0.3) is 0 Å². The van der Waals surface area contributed by atoms with Crippen LogP contribution in [-0.2, 0) is 26.0 Å². The van der Waals surface area contributed by atoms with Gasteiger partial charge in [-0.25, -0.2) is 8.42 Å². The number of benzene rings is 1. The molecule has 1 heterocycles. The molecule has 2 aliphatic rings. The number of carbonyl (C=O) groups is 2. The molecule has 142 valence electrons. The van der Waals surface area contributed by atoms with E-state index in [2.05, 4.69) is 5.32 Å². The highest BCUT2D eigenvalue weighted by Gasteiger charge is 2.58. The first-order valence-corrected chi connectivity index (χ1v) is 11.0. The molecule has 26 heavy (non-hydrogen) atoms. The van der Waals surface area contributed by atoms with Crippen LogP contribution in [0.5, 0.6) is 0 Å². The van der Waals surface area contributed by atoms with Crippen molar-refractivity contribution in [2.45, 2.75) is 38.8 Å². The summed E-state index contributed by atoms with van der Waals surface area (Å²) in [4.78, 5) is 27.3. The van der Waals surface area contributed by atoms with E-state index in [4.69, 9.17) is 11.6 Å². The van der Waals surface area contributed by atoms with Crippen LogP contribution in [0.3, 0.4) is 0 Å². The van der Waals surface area contributed by atoms with Gasteiger partial charge in [-0.2, -0.15) is 0 Å². The Morgan fingerprint density at radius 3 is 2.54 bits per heavy atom. The zero-order chi connectivity index (χ0) is 18.9.